The van der Waals surface area contributed by atoms with Crippen LogP contribution in [0.25, 0.3) is 0 Å². The Morgan fingerprint density at radius 1 is 0.938 bits per heavy atom. The van der Waals surface area contributed by atoms with E-state index in [1.165, 1.54) is 19.3 Å². The summed E-state index contributed by atoms with van der Waals surface area (Å²) in [5.74, 6) is 0. The second-order valence-electron chi connectivity index (χ2n) is 4.33. The highest BCUT2D eigenvalue weighted by atomic mass is 14.9. The maximum atomic E-state index is 5.40. The van der Waals surface area contributed by atoms with Crippen molar-refractivity contribution in [1.82, 2.24) is 16.0 Å². The Bertz CT molecular complexity index is 130. The maximum absolute atomic E-state index is 5.40. The fourth-order valence-corrected chi connectivity index (χ4v) is 1.44. The smallest absolute Gasteiger partial charge is 0.00478 e. The molecule has 0 saturated heterocycles. The van der Waals surface area contributed by atoms with Crippen molar-refractivity contribution in [1.29, 1.82) is 0 Å². The second kappa shape index (κ2) is 12.9. The first-order valence-corrected chi connectivity index (χ1v) is 6.60. The molecule has 0 heterocycles. The van der Waals surface area contributed by atoms with Crippen LogP contribution in [0.15, 0.2) is 0 Å². The Balaban J connectivity index is 2.93. The lowest BCUT2D eigenvalue weighted by molar-refractivity contribution is 0.515. The highest BCUT2D eigenvalue weighted by molar-refractivity contribution is 4.59. The van der Waals surface area contributed by atoms with Gasteiger partial charge in [0.25, 0.3) is 0 Å². The molecule has 0 aliphatic rings. The molecular formula is C12H30N4. The summed E-state index contributed by atoms with van der Waals surface area (Å²) in [6, 6.07) is 0.616. The molecule has 1 atom stereocenters. The van der Waals surface area contributed by atoms with Crippen molar-refractivity contribution < 1.29 is 0 Å². The predicted molar refractivity (Wildman–Crippen MR) is 71.8 cm³/mol. The highest BCUT2D eigenvalue weighted by Crippen LogP contribution is 1.88. The zero-order chi connectivity index (χ0) is 12.1. The third kappa shape index (κ3) is 11.9. The third-order valence-corrected chi connectivity index (χ3v) is 2.76. The average Bonchev–Trinajstić information content (AvgIpc) is 2.31. The minimum Gasteiger partial charge on any atom is -0.330 e. The summed E-state index contributed by atoms with van der Waals surface area (Å²) in [5.41, 5.74) is 5.40. The van der Waals surface area contributed by atoms with E-state index in [1.807, 2.05) is 7.05 Å². The van der Waals surface area contributed by atoms with Gasteiger partial charge in [0, 0.05) is 6.04 Å². The van der Waals surface area contributed by atoms with E-state index in [1.54, 1.807) is 0 Å². The third-order valence-electron chi connectivity index (χ3n) is 2.76. The van der Waals surface area contributed by atoms with E-state index in [4.69, 9.17) is 5.73 Å². The molecule has 0 aliphatic heterocycles. The molecular weight excluding hydrogens is 200 g/mol. The van der Waals surface area contributed by atoms with Crippen molar-refractivity contribution in [2.45, 2.75) is 38.6 Å². The van der Waals surface area contributed by atoms with Crippen LogP contribution in [-0.2, 0) is 0 Å². The molecule has 4 heteroatoms. The van der Waals surface area contributed by atoms with E-state index in [9.17, 15) is 0 Å². The number of nitrogens with two attached hydrogens (primary N) is 1. The fraction of sp³-hybridized carbons (Fsp3) is 1.00. The minimum absolute atomic E-state index is 0.616. The van der Waals surface area contributed by atoms with Crippen LogP contribution < -0.4 is 21.7 Å². The lowest BCUT2D eigenvalue weighted by Gasteiger charge is -2.10. The van der Waals surface area contributed by atoms with Gasteiger partial charge in [-0.15, -0.1) is 0 Å². The summed E-state index contributed by atoms with van der Waals surface area (Å²) in [7, 11) is 2.01. The first-order chi connectivity index (χ1) is 7.81. The first kappa shape index (κ1) is 15.8. The number of hydrogen-bond donors (Lipinski definition) is 4. The quantitative estimate of drug-likeness (QED) is 0.364. The zero-order valence-corrected chi connectivity index (χ0v) is 11.0. The van der Waals surface area contributed by atoms with Gasteiger partial charge < -0.3 is 21.7 Å². The maximum Gasteiger partial charge on any atom is 0.00478 e. The van der Waals surface area contributed by atoms with Gasteiger partial charge >= 0.3 is 0 Å². The van der Waals surface area contributed by atoms with Crippen LogP contribution in [0.3, 0.4) is 0 Å². The predicted octanol–water partition coefficient (Wildman–Crippen LogP) is 0.293. The van der Waals surface area contributed by atoms with Crippen molar-refractivity contribution in [3.05, 3.63) is 0 Å². The Hall–Kier alpha value is -0.160. The van der Waals surface area contributed by atoms with Gasteiger partial charge in [-0.1, -0.05) is 0 Å². The lowest BCUT2D eigenvalue weighted by Crippen LogP contribution is -2.27. The molecule has 0 fully saturated rings. The van der Waals surface area contributed by atoms with Gasteiger partial charge in [-0.3, -0.25) is 0 Å². The minimum atomic E-state index is 0.616. The summed E-state index contributed by atoms with van der Waals surface area (Å²) in [6.45, 7) is 7.43. The number of rotatable bonds is 12. The summed E-state index contributed by atoms with van der Waals surface area (Å²) >= 11 is 0. The molecule has 0 bridgehead atoms. The molecule has 0 aromatic heterocycles. The van der Waals surface area contributed by atoms with Crippen LogP contribution in [0.2, 0.25) is 0 Å². The Morgan fingerprint density at radius 3 is 2.06 bits per heavy atom. The molecule has 5 N–H and O–H groups in total. The lowest BCUT2D eigenvalue weighted by atomic mass is 10.2. The van der Waals surface area contributed by atoms with Gasteiger partial charge in [-0.05, 0) is 72.4 Å². The van der Waals surface area contributed by atoms with Gasteiger partial charge in [0.1, 0.15) is 0 Å². The van der Waals surface area contributed by atoms with Crippen molar-refractivity contribution in [2.75, 3.05) is 39.8 Å². The number of hydrogen-bond acceptors (Lipinski definition) is 4. The van der Waals surface area contributed by atoms with Crippen molar-refractivity contribution in [3.8, 4) is 0 Å². The zero-order valence-electron chi connectivity index (χ0n) is 11.0. The molecule has 16 heavy (non-hydrogen) atoms. The summed E-state index contributed by atoms with van der Waals surface area (Å²) in [5, 5.41) is 10.1. The molecule has 0 amide bonds. The molecule has 4 nitrogen and oxygen atoms in total. The monoisotopic (exact) mass is 230 g/mol. The largest absolute Gasteiger partial charge is 0.330 e. The molecule has 1 unspecified atom stereocenters. The molecule has 0 spiro atoms. The van der Waals surface area contributed by atoms with Gasteiger partial charge in [0.05, 0.1) is 0 Å². The summed E-state index contributed by atoms with van der Waals surface area (Å²) < 4.78 is 0. The van der Waals surface area contributed by atoms with Gasteiger partial charge in [0.2, 0.25) is 0 Å². The van der Waals surface area contributed by atoms with Gasteiger partial charge in [-0.2, -0.15) is 0 Å². The number of nitrogens with one attached hydrogen (secondary N) is 3. The van der Waals surface area contributed by atoms with Gasteiger partial charge in [0.15, 0.2) is 0 Å². The molecule has 98 valence electrons. The second-order valence-corrected chi connectivity index (χ2v) is 4.33. The Morgan fingerprint density at radius 2 is 1.50 bits per heavy atom. The van der Waals surface area contributed by atoms with Crippen molar-refractivity contribution in [3.63, 3.8) is 0 Å². The molecule has 0 rings (SSSR count). The topological polar surface area (TPSA) is 62.1 Å². The molecule has 0 saturated carbocycles. The normalized spacial score (nSPS) is 12.9. The molecule has 0 aliphatic carbocycles. The van der Waals surface area contributed by atoms with Crippen LogP contribution >= 0.6 is 0 Å². The Labute approximate surface area is 101 Å². The van der Waals surface area contributed by atoms with E-state index < -0.39 is 0 Å². The summed E-state index contributed by atoms with van der Waals surface area (Å²) in [6.07, 6.45) is 4.79. The average molecular weight is 230 g/mol. The van der Waals surface area contributed by atoms with E-state index in [0.717, 1.165) is 39.1 Å². The van der Waals surface area contributed by atoms with Crippen LogP contribution in [0.5, 0.6) is 0 Å². The van der Waals surface area contributed by atoms with Crippen molar-refractivity contribution in [2.24, 2.45) is 5.73 Å². The standard InChI is InChI=1S/C12H30N4/c1-12(14-2)6-11-16-9-4-3-8-15-10-5-7-13/h12,14-16H,3-11,13H2,1-2H3. The van der Waals surface area contributed by atoms with Crippen LogP contribution in [0.4, 0.5) is 0 Å². The molecule has 0 aromatic rings. The van der Waals surface area contributed by atoms with E-state index in [2.05, 4.69) is 22.9 Å². The van der Waals surface area contributed by atoms with E-state index >= 15 is 0 Å². The van der Waals surface area contributed by atoms with E-state index in [-0.39, 0.29) is 0 Å². The summed E-state index contributed by atoms with van der Waals surface area (Å²) in [4.78, 5) is 0. The highest BCUT2D eigenvalue weighted by Gasteiger charge is 1.96. The molecule has 0 radical (unpaired) electrons. The van der Waals surface area contributed by atoms with Crippen LogP contribution in [0.1, 0.15) is 32.6 Å². The first-order valence-electron chi connectivity index (χ1n) is 6.60. The Kier molecular flexibility index (Phi) is 12.8. The number of unbranched alkanes of at least 4 members (excludes halogenated alkanes) is 1. The molecule has 0 aromatic carbocycles. The SMILES string of the molecule is CNC(C)CCNCCCCNCCCN. The van der Waals surface area contributed by atoms with Crippen molar-refractivity contribution >= 4 is 0 Å². The van der Waals surface area contributed by atoms with Crippen LogP contribution in [0, 0.1) is 0 Å². The fourth-order valence-electron chi connectivity index (χ4n) is 1.44. The van der Waals surface area contributed by atoms with Crippen LogP contribution in [-0.4, -0.2) is 45.8 Å². The van der Waals surface area contributed by atoms with E-state index in [0.29, 0.717) is 6.04 Å². The van der Waals surface area contributed by atoms with Gasteiger partial charge in [-0.25, -0.2) is 0 Å².